The van der Waals surface area contributed by atoms with Crippen LogP contribution in [0.2, 0.25) is 0 Å². The summed E-state index contributed by atoms with van der Waals surface area (Å²) in [6.07, 6.45) is 0. The molecule has 4 heavy (non-hydrogen) atoms. The molecule has 0 N–H and O–H groups in total. The molecule has 0 aromatic carbocycles. The first-order chi connectivity index (χ1) is 1.00. The van der Waals surface area contributed by atoms with E-state index >= 15 is 0 Å². The summed E-state index contributed by atoms with van der Waals surface area (Å²) in [6, 6.07) is 0. The third-order valence-electron chi connectivity index (χ3n) is 0. The first-order valence-electron chi connectivity index (χ1n) is 0.167. The third kappa shape index (κ3) is 9.25. The standard InChI is InChI=1S/Co.Mg.Mo.O. The van der Waals surface area contributed by atoms with Crippen LogP contribution in [0.15, 0.2) is 0 Å². The van der Waals surface area contributed by atoms with Crippen molar-refractivity contribution in [3.8, 4) is 0 Å². The first kappa shape index (κ1) is 17.1. The van der Waals surface area contributed by atoms with Crippen LogP contribution < -0.4 is 0 Å². The van der Waals surface area contributed by atoms with Crippen molar-refractivity contribution < 1.29 is 40.0 Å². The summed E-state index contributed by atoms with van der Waals surface area (Å²) in [4.78, 5) is 0. The average molecular weight is 195 g/mol. The molecule has 0 atom stereocenters. The van der Waals surface area contributed by atoms with E-state index in [9.17, 15) is 0 Å². The summed E-state index contributed by atoms with van der Waals surface area (Å²) in [6.45, 7) is 0. The SMILES string of the molecule is [Co].[Mg].[O]=[Mo]. The summed E-state index contributed by atoms with van der Waals surface area (Å²) in [5.74, 6) is 0. The zero-order valence-electron chi connectivity index (χ0n) is 1.86. The van der Waals surface area contributed by atoms with Crippen LogP contribution in [0.25, 0.3) is 0 Å². The van der Waals surface area contributed by atoms with Gasteiger partial charge in [-0.25, -0.2) is 0 Å². The van der Waals surface area contributed by atoms with Crippen LogP contribution >= 0.6 is 0 Å². The van der Waals surface area contributed by atoms with Crippen molar-refractivity contribution in [3.63, 3.8) is 0 Å². The summed E-state index contributed by atoms with van der Waals surface area (Å²) in [5, 5.41) is 0. The maximum absolute atomic E-state index is 8.26. The Labute approximate surface area is 62.5 Å². The Morgan fingerprint density at radius 1 is 1.25 bits per heavy atom. The van der Waals surface area contributed by atoms with Crippen LogP contribution in [-0.2, 0) is 40.0 Å². The molecule has 0 aliphatic rings. The molecule has 0 aliphatic heterocycles. The summed E-state index contributed by atoms with van der Waals surface area (Å²) in [5.41, 5.74) is 0. The van der Waals surface area contributed by atoms with Gasteiger partial charge in [-0.2, -0.15) is 0 Å². The van der Waals surface area contributed by atoms with E-state index in [0.717, 1.165) is 0 Å². The summed E-state index contributed by atoms with van der Waals surface area (Å²) < 4.78 is 8.26. The molecule has 23 valence electrons. The van der Waals surface area contributed by atoms with Crippen molar-refractivity contribution >= 4 is 23.1 Å². The molecule has 1 nitrogen and oxygen atoms in total. The molecule has 0 spiro atoms. The van der Waals surface area contributed by atoms with Gasteiger partial charge < -0.3 is 0 Å². The second kappa shape index (κ2) is 21.7. The minimum atomic E-state index is 0. The van der Waals surface area contributed by atoms with Gasteiger partial charge in [0.05, 0.1) is 0 Å². The van der Waals surface area contributed by atoms with Crippen molar-refractivity contribution in [2.24, 2.45) is 0 Å². The first-order valence-corrected chi connectivity index (χ1v) is 0.986. The predicted octanol–water partition coefficient (Wildman–Crippen LogP) is -0.505. The van der Waals surface area contributed by atoms with E-state index in [1.165, 1.54) is 0 Å². The second-order valence-electron chi connectivity index (χ2n) is 0. The molecule has 0 aromatic heterocycles. The summed E-state index contributed by atoms with van der Waals surface area (Å²) in [7, 11) is 0. The molecular weight excluding hydrogens is 195 g/mol. The van der Waals surface area contributed by atoms with Gasteiger partial charge in [-0.05, 0) is 0 Å². The molecule has 0 rings (SSSR count). The van der Waals surface area contributed by atoms with Crippen molar-refractivity contribution in [2.75, 3.05) is 0 Å². The molecular formula is CoMgMoO. The molecule has 0 saturated heterocycles. The summed E-state index contributed by atoms with van der Waals surface area (Å²) >= 11 is 0.700. The zero-order chi connectivity index (χ0) is 2.00. The van der Waals surface area contributed by atoms with Gasteiger partial charge in [-0.3, -0.25) is 0 Å². The number of hydrogen-bond donors (Lipinski definition) is 0. The van der Waals surface area contributed by atoms with Gasteiger partial charge in [-0.1, -0.05) is 0 Å². The van der Waals surface area contributed by atoms with Gasteiger partial charge >= 0.3 is 23.2 Å². The molecule has 0 unspecified atom stereocenters. The van der Waals surface area contributed by atoms with Gasteiger partial charge in [0.25, 0.3) is 0 Å². The molecule has 0 saturated carbocycles. The molecule has 0 fully saturated rings. The van der Waals surface area contributed by atoms with E-state index in [-0.39, 0.29) is 39.8 Å². The molecule has 0 aliphatic carbocycles. The topological polar surface area (TPSA) is 17.1 Å². The molecule has 0 bridgehead atoms. The Hall–Kier alpha value is 1.76. The van der Waals surface area contributed by atoms with E-state index in [0.29, 0.717) is 19.8 Å². The third-order valence-corrected chi connectivity index (χ3v) is 0. The molecule has 0 amide bonds. The number of rotatable bonds is 0. The average Bonchev–Trinajstić information content (AvgIpc) is 1.00. The van der Waals surface area contributed by atoms with E-state index in [1.807, 2.05) is 0 Å². The fourth-order valence-electron chi connectivity index (χ4n) is 0. The predicted molar refractivity (Wildman–Crippen MR) is 6.44 cm³/mol. The molecule has 4 heteroatoms. The quantitative estimate of drug-likeness (QED) is 0.476. The zero-order valence-corrected chi connectivity index (χ0v) is 6.32. The van der Waals surface area contributed by atoms with Gasteiger partial charge in [0.15, 0.2) is 0 Å². The molecule has 3 radical (unpaired) electrons. The van der Waals surface area contributed by atoms with E-state index < -0.39 is 0 Å². The van der Waals surface area contributed by atoms with E-state index in [1.54, 1.807) is 0 Å². The van der Waals surface area contributed by atoms with E-state index in [2.05, 4.69) is 0 Å². The van der Waals surface area contributed by atoms with Crippen LogP contribution in [0, 0.1) is 0 Å². The Balaban J connectivity index is -0.00000000500. The van der Waals surface area contributed by atoms with E-state index in [4.69, 9.17) is 3.40 Å². The van der Waals surface area contributed by atoms with Gasteiger partial charge in [0.1, 0.15) is 0 Å². The Bertz CT molecular complexity index is 8.00. The maximum atomic E-state index is 8.26. The van der Waals surface area contributed by atoms with Crippen LogP contribution in [0.1, 0.15) is 0 Å². The van der Waals surface area contributed by atoms with Crippen molar-refractivity contribution in [1.82, 2.24) is 0 Å². The van der Waals surface area contributed by atoms with Crippen molar-refractivity contribution in [2.45, 2.75) is 0 Å². The second-order valence-corrected chi connectivity index (χ2v) is 0. The molecule has 0 heterocycles. The monoisotopic (exact) mass is 197 g/mol. The fourth-order valence-corrected chi connectivity index (χ4v) is 0. The van der Waals surface area contributed by atoms with Crippen molar-refractivity contribution in [3.05, 3.63) is 0 Å². The Morgan fingerprint density at radius 2 is 1.25 bits per heavy atom. The van der Waals surface area contributed by atoms with Gasteiger partial charge in [0.2, 0.25) is 0 Å². The van der Waals surface area contributed by atoms with Gasteiger partial charge in [-0.15, -0.1) is 0 Å². The van der Waals surface area contributed by atoms with Crippen LogP contribution in [0.3, 0.4) is 0 Å². The Kier molecular flexibility index (Phi) is 93.0. The van der Waals surface area contributed by atoms with Crippen molar-refractivity contribution in [1.29, 1.82) is 0 Å². The minimum absolute atomic E-state index is 0. The van der Waals surface area contributed by atoms with Crippen LogP contribution in [0.5, 0.6) is 0 Å². The molecule has 0 aromatic rings. The normalized spacial score (nSPS) is 1.00. The van der Waals surface area contributed by atoms with Crippen LogP contribution in [-0.4, -0.2) is 23.1 Å². The number of hydrogen-bond acceptors (Lipinski definition) is 1. The Morgan fingerprint density at radius 3 is 1.25 bits per heavy atom. The van der Waals surface area contributed by atoms with Gasteiger partial charge in [0, 0.05) is 39.8 Å². The fraction of sp³-hybridized carbons (Fsp3) is 0. The van der Waals surface area contributed by atoms with Crippen LogP contribution in [0.4, 0.5) is 0 Å².